The highest BCUT2D eigenvalue weighted by atomic mass is 19.1. The van der Waals surface area contributed by atoms with Gasteiger partial charge in [0.15, 0.2) is 0 Å². The van der Waals surface area contributed by atoms with Crippen LogP contribution in [0.3, 0.4) is 0 Å². The van der Waals surface area contributed by atoms with Gasteiger partial charge in [-0.25, -0.2) is 8.78 Å². The van der Waals surface area contributed by atoms with E-state index >= 15 is 0 Å². The predicted molar refractivity (Wildman–Crippen MR) is 59.9 cm³/mol. The van der Waals surface area contributed by atoms with E-state index < -0.39 is 30.1 Å². The van der Waals surface area contributed by atoms with E-state index in [1.807, 2.05) is 0 Å². The summed E-state index contributed by atoms with van der Waals surface area (Å²) in [7, 11) is 0. The van der Waals surface area contributed by atoms with Crippen molar-refractivity contribution in [1.82, 2.24) is 5.32 Å². The van der Waals surface area contributed by atoms with Gasteiger partial charge in [-0.15, -0.1) is 0 Å². The van der Waals surface area contributed by atoms with Gasteiger partial charge in [0.2, 0.25) is 5.91 Å². The highest BCUT2D eigenvalue weighted by molar-refractivity contribution is 5.80. The van der Waals surface area contributed by atoms with E-state index in [0.717, 1.165) is 18.2 Å². The van der Waals surface area contributed by atoms with E-state index in [2.05, 4.69) is 5.32 Å². The molecule has 6 heteroatoms. The van der Waals surface area contributed by atoms with Gasteiger partial charge in [-0.3, -0.25) is 9.59 Å². The Balaban J connectivity index is 2.35. The maximum Gasteiger partial charge on any atom is 0.322 e. The normalized spacial score (nSPS) is 10.1. The van der Waals surface area contributed by atoms with E-state index in [1.165, 1.54) is 0 Å². The fourth-order valence-corrected chi connectivity index (χ4v) is 1.44. The molecule has 0 unspecified atom stereocenters. The molecule has 1 aromatic carbocycles. The Morgan fingerprint density at radius 2 is 2.00 bits per heavy atom. The van der Waals surface area contributed by atoms with Crippen molar-refractivity contribution in [2.24, 2.45) is 0 Å². The van der Waals surface area contributed by atoms with Crippen LogP contribution in [0.4, 0.5) is 8.78 Å². The van der Waals surface area contributed by atoms with Crippen molar-refractivity contribution in [2.45, 2.75) is 19.3 Å². The lowest BCUT2D eigenvalue weighted by Gasteiger charge is -2.04. The van der Waals surface area contributed by atoms with Gasteiger partial charge in [-0.2, -0.15) is 0 Å². The van der Waals surface area contributed by atoms with E-state index in [9.17, 15) is 18.4 Å². The van der Waals surface area contributed by atoms with E-state index in [0.29, 0.717) is 6.42 Å². The third-order valence-electron chi connectivity index (χ3n) is 2.29. The number of halogens is 2. The summed E-state index contributed by atoms with van der Waals surface area (Å²) in [6.07, 6.45) is 0.624. The van der Waals surface area contributed by atoms with Gasteiger partial charge in [0.25, 0.3) is 0 Å². The Morgan fingerprint density at radius 3 is 2.67 bits per heavy atom. The molecule has 4 nitrogen and oxygen atoms in total. The Hall–Kier alpha value is -1.98. The van der Waals surface area contributed by atoms with Crippen molar-refractivity contribution in [2.75, 3.05) is 6.54 Å². The first-order valence-electron chi connectivity index (χ1n) is 5.41. The Kier molecular flexibility index (Phi) is 5.23. The van der Waals surface area contributed by atoms with Crippen molar-refractivity contribution in [3.05, 3.63) is 35.4 Å². The zero-order valence-electron chi connectivity index (χ0n) is 9.58. The monoisotopic (exact) mass is 257 g/mol. The molecule has 98 valence electrons. The average Bonchev–Trinajstić information content (AvgIpc) is 2.31. The van der Waals surface area contributed by atoms with Crippen LogP contribution in [0.2, 0.25) is 0 Å². The molecule has 1 amide bonds. The largest absolute Gasteiger partial charge is 0.480 e. The van der Waals surface area contributed by atoms with Crippen LogP contribution in [0.5, 0.6) is 0 Å². The number of hydrogen-bond donors (Lipinski definition) is 2. The molecule has 0 bridgehead atoms. The van der Waals surface area contributed by atoms with Gasteiger partial charge in [-0.05, 0) is 36.6 Å². The first-order chi connectivity index (χ1) is 8.49. The minimum absolute atomic E-state index is 0.0727. The standard InChI is InChI=1S/C12H13F2NO3/c13-9-4-5-10(14)8(6-9)2-1-3-11(16)15-7-12(17)18/h4-6H,1-3,7H2,(H,15,16)(H,17,18). The van der Waals surface area contributed by atoms with Crippen LogP contribution in [0.25, 0.3) is 0 Å². The van der Waals surface area contributed by atoms with Crippen molar-refractivity contribution in [1.29, 1.82) is 0 Å². The molecule has 0 aliphatic heterocycles. The SMILES string of the molecule is O=C(O)CNC(=O)CCCc1cc(F)ccc1F. The number of aryl methyl sites for hydroxylation is 1. The number of hydrogen-bond acceptors (Lipinski definition) is 2. The molecule has 1 rings (SSSR count). The molecule has 0 radical (unpaired) electrons. The van der Waals surface area contributed by atoms with Crippen LogP contribution in [0, 0.1) is 11.6 Å². The van der Waals surface area contributed by atoms with Crippen LogP contribution < -0.4 is 5.32 Å². The molecule has 2 N–H and O–H groups in total. The van der Waals surface area contributed by atoms with Gasteiger partial charge in [0, 0.05) is 6.42 Å². The second-order valence-corrected chi connectivity index (χ2v) is 3.76. The van der Waals surface area contributed by atoms with E-state index in [-0.39, 0.29) is 18.4 Å². The Morgan fingerprint density at radius 1 is 1.28 bits per heavy atom. The van der Waals surface area contributed by atoms with Gasteiger partial charge >= 0.3 is 5.97 Å². The molecule has 0 aliphatic rings. The summed E-state index contributed by atoms with van der Waals surface area (Å²) in [6, 6.07) is 3.15. The summed E-state index contributed by atoms with van der Waals surface area (Å²) >= 11 is 0. The quantitative estimate of drug-likeness (QED) is 0.811. The number of nitrogens with one attached hydrogen (secondary N) is 1. The number of carbonyl (C=O) groups is 2. The number of rotatable bonds is 6. The molecular formula is C12H13F2NO3. The molecule has 0 spiro atoms. The zero-order chi connectivity index (χ0) is 13.5. The molecule has 0 atom stereocenters. The zero-order valence-corrected chi connectivity index (χ0v) is 9.58. The van der Waals surface area contributed by atoms with Crippen LogP contribution in [0.1, 0.15) is 18.4 Å². The Labute approximate surface area is 103 Å². The predicted octanol–water partition coefficient (Wildman–Crippen LogP) is 1.49. The molecule has 0 aromatic heterocycles. The fourth-order valence-electron chi connectivity index (χ4n) is 1.44. The minimum atomic E-state index is -1.13. The summed E-state index contributed by atoms with van der Waals surface area (Å²) in [5.74, 6) is -2.59. The van der Waals surface area contributed by atoms with Gasteiger partial charge in [0.05, 0.1) is 0 Å². The maximum absolute atomic E-state index is 13.2. The van der Waals surface area contributed by atoms with Gasteiger partial charge in [-0.1, -0.05) is 0 Å². The first kappa shape index (κ1) is 14.1. The summed E-state index contributed by atoms with van der Waals surface area (Å²) in [5, 5.41) is 10.5. The van der Waals surface area contributed by atoms with Crippen molar-refractivity contribution in [3.63, 3.8) is 0 Å². The Bertz CT molecular complexity index is 449. The molecule has 1 aromatic rings. The summed E-state index contributed by atoms with van der Waals surface area (Å²) in [6.45, 7) is -0.437. The number of carboxylic acid groups (broad SMARTS) is 1. The lowest BCUT2D eigenvalue weighted by atomic mass is 10.1. The van der Waals surface area contributed by atoms with Crippen LogP contribution in [-0.4, -0.2) is 23.5 Å². The van der Waals surface area contributed by atoms with Crippen molar-refractivity contribution in [3.8, 4) is 0 Å². The number of carbonyl (C=O) groups excluding carboxylic acids is 1. The minimum Gasteiger partial charge on any atom is -0.480 e. The lowest BCUT2D eigenvalue weighted by molar-refractivity contribution is -0.137. The number of amides is 1. The van der Waals surface area contributed by atoms with Crippen molar-refractivity contribution >= 4 is 11.9 Å². The summed E-state index contributed by atoms with van der Waals surface area (Å²) in [4.78, 5) is 21.3. The average molecular weight is 257 g/mol. The first-order valence-corrected chi connectivity index (χ1v) is 5.41. The molecule has 0 saturated carbocycles. The molecule has 0 fully saturated rings. The van der Waals surface area contributed by atoms with Crippen LogP contribution >= 0.6 is 0 Å². The molecule has 0 aliphatic carbocycles. The fraction of sp³-hybridized carbons (Fsp3) is 0.333. The third-order valence-corrected chi connectivity index (χ3v) is 2.29. The van der Waals surface area contributed by atoms with Crippen LogP contribution in [0.15, 0.2) is 18.2 Å². The summed E-state index contributed by atoms with van der Waals surface area (Å²) < 4.78 is 26.0. The van der Waals surface area contributed by atoms with Gasteiger partial charge in [0.1, 0.15) is 18.2 Å². The molecule has 0 saturated heterocycles. The van der Waals surface area contributed by atoms with Crippen molar-refractivity contribution < 1.29 is 23.5 Å². The lowest BCUT2D eigenvalue weighted by Crippen LogP contribution is -2.29. The van der Waals surface area contributed by atoms with Crippen LogP contribution in [-0.2, 0) is 16.0 Å². The summed E-state index contributed by atoms with van der Waals surface area (Å²) in [5.41, 5.74) is 0.209. The van der Waals surface area contributed by atoms with E-state index in [4.69, 9.17) is 5.11 Å². The van der Waals surface area contributed by atoms with E-state index in [1.54, 1.807) is 0 Å². The number of aliphatic carboxylic acids is 1. The third kappa shape index (κ3) is 4.90. The smallest absolute Gasteiger partial charge is 0.322 e. The highest BCUT2D eigenvalue weighted by Crippen LogP contribution is 2.12. The molecule has 18 heavy (non-hydrogen) atoms. The topological polar surface area (TPSA) is 66.4 Å². The van der Waals surface area contributed by atoms with Gasteiger partial charge < -0.3 is 10.4 Å². The second kappa shape index (κ2) is 6.68. The molecule has 0 heterocycles. The highest BCUT2D eigenvalue weighted by Gasteiger charge is 2.07. The number of benzene rings is 1. The molecular weight excluding hydrogens is 244 g/mol. The number of carboxylic acids is 1. The second-order valence-electron chi connectivity index (χ2n) is 3.76. The maximum atomic E-state index is 13.2.